The zero-order valence-corrected chi connectivity index (χ0v) is 24.1. The first-order valence-corrected chi connectivity index (χ1v) is 13.9. The van der Waals surface area contributed by atoms with E-state index < -0.39 is 0 Å². The lowest BCUT2D eigenvalue weighted by Gasteiger charge is -2.15. The minimum absolute atomic E-state index is 0.193. The van der Waals surface area contributed by atoms with Crippen molar-refractivity contribution in [3.8, 4) is 34.2 Å². The highest BCUT2D eigenvalue weighted by Crippen LogP contribution is 2.41. The summed E-state index contributed by atoms with van der Waals surface area (Å²) < 4.78 is 22.0. The van der Waals surface area contributed by atoms with Gasteiger partial charge in [0, 0.05) is 24.2 Å². The molecule has 0 N–H and O–H groups in total. The second-order valence-corrected chi connectivity index (χ2v) is 10.3. The van der Waals surface area contributed by atoms with Crippen LogP contribution < -0.4 is 24.6 Å². The van der Waals surface area contributed by atoms with Crippen molar-refractivity contribution in [3.63, 3.8) is 0 Å². The van der Waals surface area contributed by atoms with E-state index in [2.05, 4.69) is 12.2 Å². The van der Waals surface area contributed by atoms with E-state index in [0.717, 1.165) is 41.9 Å². The molecule has 1 atom stereocenters. The van der Waals surface area contributed by atoms with Crippen LogP contribution in [-0.4, -0.2) is 41.6 Å². The number of benzene rings is 2. The summed E-state index contributed by atoms with van der Waals surface area (Å²) in [6.45, 7) is 1.90. The average molecular weight is 560 g/mol. The summed E-state index contributed by atoms with van der Waals surface area (Å²) in [5, 5.41) is 6.89. The van der Waals surface area contributed by atoms with E-state index in [0.29, 0.717) is 33.7 Å². The quantitative estimate of drug-likeness (QED) is 0.212. The molecular weight excluding hydrogens is 526 g/mol. The van der Waals surface area contributed by atoms with E-state index in [-0.39, 0.29) is 5.56 Å². The van der Waals surface area contributed by atoms with Gasteiger partial charge < -0.3 is 14.2 Å². The first-order valence-electron chi connectivity index (χ1n) is 13.1. The van der Waals surface area contributed by atoms with E-state index >= 15 is 0 Å². The van der Waals surface area contributed by atoms with Crippen molar-refractivity contribution in [2.24, 2.45) is 23.1 Å². The molecule has 1 unspecified atom stereocenters. The van der Waals surface area contributed by atoms with E-state index in [1.165, 1.54) is 11.3 Å². The third kappa shape index (κ3) is 5.14. The summed E-state index contributed by atoms with van der Waals surface area (Å²) in [4.78, 5) is 19.1. The maximum absolute atomic E-state index is 13.6. The molecule has 1 aliphatic rings. The molecule has 40 heavy (non-hydrogen) atoms. The van der Waals surface area contributed by atoms with Gasteiger partial charge in [-0.05, 0) is 56.4 Å². The van der Waals surface area contributed by atoms with Gasteiger partial charge in [0.25, 0.3) is 5.56 Å². The molecule has 0 radical (unpaired) electrons. The molecule has 2 aromatic heterocycles. The lowest BCUT2D eigenvalue weighted by molar-refractivity contribution is 0.324. The van der Waals surface area contributed by atoms with Crippen LogP contribution in [0.4, 0.5) is 5.69 Å². The molecule has 0 bridgehead atoms. The molecule has 10 heteroatoms. The minimum atomic E-state index is -0.193. The molecule has 2 aromatic carbocycles. The molecule has 0 spiro atoms. The molecule has 2 heterocycles. The smallest absolute Gasteiger partial charge is 0.297 e. The zero-order chi connectivity index (χ0) is 28.2. The topological polar surface area (TPSA) is 84.3 Å². The fourth-order valence-corrected chi connectivity index (χ4v) is 5.65. The van der Waals surface area contributed by atoms with Gasteiger partial charge in [-0.25, -0.2) is 14.4 Å². The largest absolute Gasteiger partial charge is 0.493 e. The van der Waals surface area contributed by atoms with Gasteiger partial charge in [0.1, 0.15) is 0 Å². The minimum Gasteiger partial charge on any atom is -0.493 e. The van der Waals surface area contributed by atoms with Crippen molar-refractivity contribution >= 4 is 23.2 Å². The average Bonchev–Trinajstić information content (AvgIpc) is 3.49. The second-order valence-electron chi connectivity index (χ2n) is 9.46. The van der Waals surface area contributed by atoms with Crippen LogP contribution in [-0.2, 0) is 7.05 Å². The second kappa shape index (κ2) is 11.8. The van der Waals surface area contributed by atoms with Gasteiger partial charge in [-0.3, -0.25) is 9.48 Å². The van der Waals surface area contributed by atoms with Gasteiger partial charge in [0.15, 0.2) is 17.2 Å². The summed E-state index contributed by atoms with van der Waals surface area (Å²) in [6, 6.07) is 13.3. The Balaban J connectivity index is 1.70. The zero-order valence-electron chi connectivity index (χ0n) is 23.3. The lowest BCUT2D eigenvalue weighted by atomic mass is 9.96. The van der Waals surface area contributed by atoms with Crippen LogP contribution in [0.3, 0.4) is 0 Å². The Morgan fingerprint density at radius 1 is 1.02 bits per heavy atom. The number of para-hydroxylation sites is 1. The van der Waals surface area contributed by atoms with Gasteiger partial charge in [0.2, 0.25) is 10.6 Å². The number of thiazole rings is 1. The van der Waals surface area contributed by atoms with Crippen LogP contribution in [0.2, 0.25) is 0 Å². The van der Waals surface area contributed by atoms with Gasteiger partial charge >= 0.3 is 0 Å². The molecular formula is C30H33N5O4S. The highest BCUT2D eigenvalue weighted by molar-refractivity contribution is 7.07. The third-order valence-electron chi connectivity index (χ3n) is 7.08. The van der Waals surface area contributed by atoms with E-state index in [9.17, 15) is 4.79 Å². The van der Waals surface area contributed by atoms with Gasteiger partial charge in [-0.1, -0.05) is 30.4 Å². The highest BCUT2D eigenvalue weighted by Gasteiger charge is 2.19. The predicted octanol–water partition coefficient (Wildman–Crippen LogP) is 5.46. The highest BCUT2D eigenvalue weighted by atomic mass is 32.1. The van der Waals surface area contributed by atoms with Crippen molar-refractivity contribution in [1.29, 1.82) is 0 Å². The van der Waals surface area contributed by atoms with Crippen LogP contribution in [0.25, 0.3) is 16.9 Å². The first-order chi connectivity index (χ1) is 19.5. The normalized spacial score (nSPS) is 15.6. The number of aromatic nitrogens is 3. The van der Waals surface area contributed by atoms with Crippen molar-refractivity contribution in [2.45, 2.75) is 26.2 Å². The van der Waals surface area contributed by atoms with Crippen LogP contribution >= 0.6 is 11.3 Å². The lowest BCUT2D eigenvalue weighted by Crippen LogP contribution is -2.20. The number of rotatable bonds is 8. The molecule has 4 aromatic rings. The summed E-state index contributed by atoms with van der Waals surface area (Å²) >= 11 is 1.42. The van der Waals surface area contributed by atoms with E-state index in [1.54, 1.807) is 30.7 Å². The molecule has 0 saturated heterocycles. The summed E-state index contributed by atoms with van der Waals surface area (Å²) in [5.41, 5.74) is 3.32. The van der Waals surface area contributed by atoms with E-state index in [4.69, 9.17) is 24.3 Å². The van der Waals surface area contributed by atoms with Crippen molar-refractivity contribution < 1.29 is 14.2 Å². The summed E-state index contributed by atoms with van der Waals surface area (Å²) in [6.07, 6.45) is 9.40. The SMILES string of the molecule is COc1cc(-c2csc(=Nc3c(C)n(C)n(-c4ccccc4)c3=O)n2N=CC2CC=CCC2)cc(OC)c1OC. The maximum atomic E-state index is 13.6. The summed E-state index contributed by atoms with van der Waals surface area (Å²) in [7, 11) is 6.62. The fraction of sp³-hybridized carbons (Fsp3) is 0.300. The maximum Gasteiger partial charge on any atom is 0.297 e. The number of hydrogen-bond acceptors (Lipinski definition) is 7. The van der Waals surface area contributed by atoms with Gasteiger partial charge in [0.05, 0.1) is 38.4 Å². The van der Waals surface area contributed by atoms with Crippen LogP contribution in [0.15, 0.2) is 74.9 Å². The number of methoxy groups -OCH3 is 3. The van der Waals surface area contributed by atoms with E-state index in [1.807, 2.05) is 72.7 Å². The van der Waals surface area contributed by atoms with Crippen molar-refractivity contribution in [3.05, 3.63) is 80.8 Å². The Morgan fingerprint density at radius 3 is 2.38 bits per heavy atom. The van der Waals surface area contributed by atoms with Crippen LogP contribution in [0.5, 0.6) is 17.2 Å². The number of nitrogens with zero attached hydrogens (tertiary/aromatic N) is 5. The molecule has 0 aliphatic heterocycles. The molecule has 0 saturated carbocycles. The molecule has 0 amide bonds. The Hall–Kier alpha value is -4.31. The van der Waals surface area contributed by atoms with Gasteiger partial charge in [-0.15, -0.1) is 11.3 Å². The molecule has 9 nitrogen and oxygen atoms in total. The Kier molecular flexibility index (Phi) is 8.06. The monoisotopic (exact) mass is 559 g/mol. The van der Waals surface area contributed by atoms with Crippen LogP contribution in [0.1, 0.15) is 25.0 Å². The Morgan fingerprint density at radius 2 is 1.75 bits per heavy atom. The fourth-order valence-electron chi connectivity index (χ4n) is 4.81. The molecule has 208 valence electrons. The van der Waals surface area contributed by atoms with Crippen molar-refractivity contribution in [2.75, 3.05) is 21.3 Å². The molecule has 5 rings (SSSR count). The molecule has 0 fully saturated rings. The number of ether oxygens (including phenoxy) is 3. The first kappa shape index (κ1) is 27.3. The van der Waals surface area contributed by atoms with Crippen molar-refractivity contribution in [1.82, 2.24) is 14.0 Å². The third-order valence-corrected chi connectivity index (χ3v) is 7.90. The molecule has 1 aliphatic carbocycles. The Labute approximate surface area is 236 Å². The predicted molar refractivity (Wildman–Crippen MR) is 159 cm³/mol. The number of hydrogen-bond donors (Lipinski definition) is 0. The number of allylic oxidation sites excluding steroid dienone is 2. The standard InChI is InChI=1S/C30H33N5O4S/c1-20-27(29(36)35(33(20)2)23-14-10-7-11-15-23)32-30-34(31-18-21-12-8-6-9-13-21)24(19-40-30)22-16-25(37-3)28(39-5)26(17-22)38-4/h6-8,10-11,14-19,21H,9,12-13H2,1-5H3. The van der Waals surface area contributed by atoms with Gasteiger partial charge in [-0.2, -0.15) is 5.10 Å². The Bertz CT molecular complexity index is 1670. The van der Waals surface area contributed by atoms with Crippen LogP contribution in [0, 0.1) is 12.8 Å². The summed E-state index contributed by atoms with van der Waals surface area (Å²) in [5.74, 6) is 1.92.